The van der Waals surface area contributed by atoms with Gasteiger partial charge >= 0.3 is 0 Å². The molecule has 2 heterocycles. The second kappa shape index (κ2) is 3.26. The minimum atomic E-state index is 0.266. The van der Waals surface area contributed by atoms with E-state index in [2.05, 4.69) is 26.0 Å². The Kier molecular flexibility index (Phi) is 2.10. The Bertz CT molecular complexity index is 452. The van der Waals surface area contributed by atoms with E-state index in [9.17, 15) is 4.79 Å². The molecule has 0 aromatic carbocycles. The number of carbonyl (C=O) groups excluding carboxylic acids is 1. The van der Waals surface area contributed by atoms with Gasteiger partial charge in [0.1, 0.15) is 11.8 Å². The van der Waals surface area contributed by atoms with Gasteiger partial charge in [0.05, 0.1) is 18.3 Å². The van der Waals surface area contributed by atoms with E-state index in [1.807, 2.05) is 6.07 Å². The number of nitrogens with zero attached hydrogens (tertiary/aromatic N) is 3. The largest absolute Gasteiger partial charge is 0.301 e. The highest BCUT2D eigenvalue weighted by Gasteiger charge is 2.02. The monoisotopic (exact) mass is 239 g/mol. The lowest BCUT2D eigenvalue weighted by Crippen LogP contribution is -2.00. The average molecular weight is 240 g/mol. The molecule has 13 heavy (non-hydrogen) atoms. The van der Waals surface area contributed by atoms with Crippen LogP contribution in [0.4, 0.5) is 0 Å². The number of aromatic nitrogens is 3. The Morgan fingerprint density at radius 3 is 3.15 bits per heavy atom. The van der Waals surface area contributed by atoms with Gasteiger partial charge in [-0.3, -0.25) is 9.67 Å². The first-order valence-electron chi connectivity index (χ1n) is 3.72. The van der Waals surface area contributed by atoms with Gasteiger partial charge in [0.15, 0.2) is 0 Å². The molecule has 4 nitrogen and oxygen atoms in total. The molecule has 0 N–H and O–H groups in total. The summed E-state index contributed by atoms with van der Waals surface area (Å²) in [4.78, 5) is 14.4. The van der Waals surface area contributed by atoms with E-state index < -0.39 is 0 Å². The average Bonchev–Trinajstić information content (AvgIpc) is 2.49. The molecule has 0 aliphatic heterocycles. The second-order valence-electron chi connectivity index (χ2n) is 2.55. The van der Waals surface area contributed by atoms with E-state index in [0.29, 0.717) is 0 Å². The topological polar surface area (TPSA) is 47.8 Å². The van der Waals surface area contributed by atoms with Gasteiger partial charge in [0.25, 0.3) is 0 Å². The number of pyridine rings is 1. The van der Waals surface area contributed by atoms with Crippen molar-refractivity contribution < 1.29 is 4.79 Å². The summed E-state index contributed by atoms with van der Waals surface area (Å²) in [7, 11) is 0. The van der Waals surface area contributed by atoms with Crippen LogP contribution in [-0.4, -0.2) is 21.1 Å². The maximum atomic E-state index is 10.3. The third kappa shape index (κ3) is 1.47. The molecule has 0 saturated heterocycles. The molecule has 2 aromatic rings. The minimum absolute atomic E-state index is 0.266. The smallest absolute Gasteiger partial charge is 0.141 e. The number of hydrogen-bond donors (Lipinski definition) is 0. The van der Waals surface area contributed by atoms with Gasteiger partial charge < -0.3 is 4.79 Å². The maximum Gasteiger partial charge on any atom is 0.141 e. The summed E-state index contributed by atoms with van der Waals surface area (Å²) in [6.07, 6.45) is 4.16. The Hall–Kier alpha value is -1.23. The van der Waals surface area contributed by atoms with Gasteiger partial charge in [-0.25, -0.2) is 0 Å². The highest BCUT2D eigenvalue weighted by atomic mass is 79.9. The van der Waals surface area contributed by atoms with Crippen LogP contribution in [0.5, 0.6) is 0 Å². The molecule has 2 rings (SSSR count). The molecule has 0 amide bonds. The SMILES string of the molecule is O=CCn1ncc2ncc(Br)cc21. The van der Waals surface area contributed by atoms with Gasteiger partial charge in [-0.1, -0.05) is 0 Å². The van der Waals surface area contributed by atoms with Crippen LogP contribution in [0.1, 0.15) is 0 Å². The molecular formula is C8H6BrN3O. The summed E-state index contributed by atoms with van der Waals surface area (Å²) in [5, 5.41) is 4.03. The second-order valence-corrected chi connectivity index (χ2v) is 3.47. The van der Waals surface area contributed by atoms with Crippen LogP contribution in [0.2, 0.25) is 0 Å². The van der Waals surface area contributed by atoms with Crippen LogP contribution in [0.3, 0.4) is 0 Å². The van der Waals surface area contributed by atoms with Crippen LogP contribution in [0.25, 0.3) is 11.0 Å². The Balaban J connectivity index is 2.64. The Labute approximate surface area is 82.7 Å². The fourth-order valence-corrected chi connectivity index (χ4v) is 1.47. The molecule has 0 aliphatic carbocycles. The van der Waals surface area contributed by atoms with Crippen LogP contribution in [0, 0.1) is 0 Å². The van der Waals surface area contributed by atoms with Crippen LogP contribution < -0.4 is 0 Å². The van der Waals surface area contributed by atoms with E-state index in [0.717, 1.165) is 21.8 Å². The molecule has 0 spiro atoms. The van der Waals surface area contributed by atoms with E-state index in [4.69, 9.17) is 0 Å². The predicted octanol–water partition coefficient (Wildman–Crippen LogP) is 1.39. The first-order chi connectivity index (χ1) is 6.31. The fourth-order valence-electron chi connectivity index (χ4n) is 1.15. The summed E-state index contributed by atoms with van der Waals surface area (Å²) in [5.41, 5.74) is 1.66. The molecule has 66 valence electrons. The van der Waals surface area contributed by atoms with Gasteiger partial charge in [-0.15, -0.1) is 0 Å². The molecule has 0 saturated carbocycles. The Morgan fingerprint density at radius 1 is 1.54 bits per heavy atom. The highest BCUT2D eigenvalue weighted by Crippen LogP contribution is 2.16. The summed E-state index contributed by atoms with van der Waals surface area (Å²) in [6, 6.07) is 1.89. The minimum Gasteiger partial charge on any atom is -0.301 e. The maximum absolute atomic E-state index is 10.3. The summed E-state index contributed by atoms with van der Waals surface area (Å²) in [6.45, 7) is 0.266. The van der Waals surface area contributed by atoms with Crippen LogP contribution in [0.15, 0.2) is 22.9 Å². The number of carbonyl (C=O) groups is 1. The van der Waals surface area contributed by atoms with Crippen molar-refractivity contribution >= 4 is 33.2 Å². The molecule has 0 atom stereocenters. The van der Waals surface area contributed by atoms with E-state index in [1.54, 1.807) is 17.1 Å². The lowest BCUT2D eigenvalue weighted by Gasteiger charge is -1.96. The van der Waals surface area contributed by atoms with Crippen molar-refractivity contribution in [1.29, 1.82) is 0 Å². The molecular weight excluding hydrogens is 234 g/mol. The normalized spacial score (nSPS) is 10.5. The standard InChI is InChI=1S/C8H6BrN3O/c9-6-3-8-7(10-4-6)5-11-12(8)1-2-13/h2-5H,1H2. The lowest BCUT2D eigenvalue weighted by molar-refractivity contribution is -0.108. The molecule has 5 heteroatoms. The number of fused-ring (bicyclic) bond motifs is 1. The van der Waals surface area contributed by atoms with Crippen LogP contribution in [-0.2, 0) is 11.3 Å². The molecule has 0 radical (unpaired) electrons. The van der Waals surface area contributed by atoms with Crippen LogP contribution >= 0.6 is 15.9 Å². The number of hydrogen-bond acceptors (Lipinski definition) is 3. The van der Waals surface area contributed by atoms with E-state index in [1.165, 1.54) is 0 Å². The molecule has 0 unspecified atom stereocenters. The van der Waals surface area contributed by atoms with Gasteiger partial charge in [0.2, 0.25) is 0 Å². The van der Waals surface area contributed by atoms with Crippen molar-refractivity contribution in [2.45, 2.75) is 6.54 Å². The first-order valence-corrected chi connectivity index (χ1v) is 4.51. The quantitative estimate of drug-likeness (QED) is 0.745. The van der Waals surface area contributed by atoms with Crippen molar-refractivity contribution in [3.05, 3.63) is 22.9 Å². The zero-order valence-corrected chi connectivity index (χ0v) is 8.23. The molecule has 0 aliphatic rings. The predicted molar refractivity (Wildman–Crippen MR) is 51.3 cm³/mol. The third-order valence-electron chi connectivity index (χ3n) is 1.71. The van der Waals surface area contributed by atoms with Gasteiger partial charge in [-0.2, -0.15) is 5.10 Å². The highest BCUT2D eigenvalue weighted by molar-refractivity contribution is 9.10. The van der Waals surface area contributed by atoms with Crippen molar-refractivity contribution in [3.63, 3.8) is 0 Å². The lowest BCUT2D eigenvalue weighted by atomic mass is 10.4. The molecule has 0 bridgehead atoms. The zero-order valence-electron chi connectivity index (χ0n) is 6.64. The summed E-state index contributed by atoms with van der Waals surface area (Å²) < 4.78 is 2.49. The van der Waals surface area contributed by atoms with Crippen molar-refractivity contribution in [2.75, 3.05) is 0 Å². The van der Waals surface area contributed by atoms with Gasteiger partial charge in [0, 0.05) is 10.7 Å². The molecule has 0 fully saturated rings. The number of halogens is 1. The van der Waals surface area contributed by atoms with E-state index in [-0.39, 0.29) is 6.54 Å². The summed E-state index contributed by atoms with van der Waals surface area (Å²) in [5.74, 6) is 0. The summed E-state index contributed by atoms with van der Waals surface area (Å²) >= 11 is 3.31. The van der Waals surface area contributed by atoms with Crippen molar-refractivity contribution in [1.82, 2.24) is 14.8 Å². The van der Waals surface area contributed by atoms with Crippen molar-refractivity contribution in [3.8, 4) is 0 Å². The first kappa shape index (κ1) is 8.37. The Morgan fingerprint density at radius 2 is 2.38 bits per heavy atom. The van der Waals surface area contributed by atoms with Crippen molar-refractivity contribution in [2.24, 2.45) is 0 Å². The zero-order chi connectivity index (χ0) is 9.26. The van der Waals surface area contributed by atoms with E-state index >= 15 is 0 Å². The third-order valence-corrected chi connectivity index (χ3v) is 2.14. The van der Waals surface area contributed by atoms with Gasteiger partial charge in [-0.05, 0) is 22.0 Å². The molecule has 2 aromatic heterocycles. The number of aldehydes is 1. The fraction of sp³-hybridized carbons (Fsp3) is 0.125. The number of rotatable bonds is 2.